The van der Waals surface area contributed by atoms with Crippen LogP contribution in [0, 0.1) is 18.8 Å². The first-order chi connectivity index (χ1) is 19.8. The third-order valence-corrected chi connectivity index (χ3v) is 8.22. The molecule has 0 bridgehead atoms. The normalized spacial score (nSPS) is 18.0. The average molecular weight is 601 g/mol. The van der Waals surface area contributed by atoms with Gasteiger partial charge in [-0.1, -0.05) is 38.1 Å². The Labute approximate surface area is 249 Å². The number of Topliss-reactive ketones (excluding diaryl/α,β-unsaturated/α-hetero) is 1. The zero-order chi connectivity index (χ0) is 31.0. The summed E-state index contributed by atoms with van der Waals surface area (Å²) in [6.07, 6.45) is -0.988. The van der Waals surface area contributed by atoms with E-state index in [1.165, 1.54) is 11.8 Å². The Kier molecular flexibility index (Phi) is 11.7. The molecule has 3 amide bonds. The fourth-order valence-corrected chi connectivity index (χ4v) is 5.89. The molecular weight excluding hydrogens is 560 g/mol. The number of carbonyl (C=O) groups is 5. The second kappa shape index (κ2) is 15.0. The summed E-state index contributed by atoms with van der Waals surface area (Å²) in [5.41, 5.74) is 4.66. The molecule has 1 fully saturated rings. The molecule has 228 valence electrons. The van der Waals surface area contributed by atoms with Crippen molar-refractivity contribution in [2.24, 2.45) is 11.8 Å². The smallest absolute Gasteiger partial charge is 0.303 e. The first kappa shape index (κ1) is 32.9. The monoisotopic (exact) mass is 600 g/mol. The van der Waals surface area contributed by atoms with Crippen molar-refractivity contribution in [3.05, 3.63) is 41.0 Å². The SMILES string of the molecule is Cc1ncsc1-c1ccc(CNC(=O)[C@@H]2C[C@@H](O)CN2C(=O)[C@H](C)NC(=O)[C@@H](CC(=O)CCC(=O)O)CC(C)C)cc1. The highest BCUT2D eigenvalue weighted by Crippen LogP contribution is 2.27. The van der Waals surface area contributed by atoms with E-state index >= 15 is 0 Å². The van der Waals surface area contributed by atoms with E-state index in [9.17, 15) is 29.1 Å². The number of aliphatic hydroxyl groups is 1. The molecule has 0 aliphatic carbocycles. The minimum Gasteiger partial charge on any atom is -0.481 e. The highest BCUT2D eigenvalue weighted by Gasteiger charge is 2.40. The van der Waals surface area contributed by atoms with E-state index < -0.39 is 47.8 Å². The molecule has 1 aliphatic rings. The number of nitrogens with zero attached hydrogens (tertiary/aromatic N) is 2. The lowest BCUT2D eigenvalue weighted by atomic mass is 9.90. The van der Waals surface area contributed by atoms with Crippen LogP contribution >= 0.6 is 11.3 Å². The number of aryl methyl sites for hydroxylation is 1. The lowest BCUT2D eigenvalue weighted by Crippen LogP contribution is -2.53. The standard InChI is InChI=1S/C30H40N4O7S/c1-17(2)11-22(12-23(35)9-10-26(37)38)28(39)33-19(4)30(41)34-15-24(36)13-25(34)29(40)31-14-20-5-7-21(8-6-20)27-18(3)32-16-42-27/h5-8,16-17,19,22,24-25,36H,9-15H2,1-4H3,(H,31,40)(H,33,39)(H,37,38)/t19-,22+,24+,25-/m0/s1. The number of nitrogens with one attached hydrogen (secondary N) is 2. The van der Waals surface area contributed by atoms with Gasteiger partial charge in [-0.3, -0.25) is 24.0 Å². The number of carboxylic acids is 1. The number of ketones is 1. The first-order valence-corrected chi connectivity index (χ1v) is 15.0. The topological polar surface area (TPSA) is 166 Å². The molecule has 4 N–H and O–H groups in total. The van der Waals surface area contributed by atoms with Crippen LogP contribution in [-0.4, -0.2) is 74.3 Å². The molecule has 1 aliphatic heterocycles. The van der Waals surface area contributed by atoms with Crippen LogP contribution in [0.3, 0.4) is 0 Å². The number of rotatable bonds is 14. The molecule has 4 atom stereocenters. The first-order valence-electron chi connectivity index (χ1n) is 14.1. The van der Waals surface area contributed by atoms with Gasteiger partial charge in [0.1, 0.15) is 17.9 Å². The van der Waals surface area contributed by atoms with Gasteiger partial charge in [0, 0.05) is 38.3 Å². The Morgan fingerprint density at radius 3 is 2.38 bits per heavy atom. The molecular formula is C30H40N4O7S. The van der Waals surface area contributed by atoms with Crippen LogP contribution in [0.25, 0.3) is 10.4 Å². The third kappa shape index (κ3) is 9.18. The van der Waals surface area contributed by atoms with Gasteiger partial charge in [-0.15, -0.1) is 11.3 Å². The maximum atomic E-state index is 13.3. The van der Waals surface area contributed by atoms with Crippen molar-refractivity contribution in [1.29, 1.82) is 0 Å². The van der Waals surface area contributed by atoms with Gasteiger partial charge >= 0.3 is 5.97 Å². The highest BCUT2D eigenvalue weighted by molar-refractivity contribution is 7.13. The largest absolute Gasteiger partial charge is 0.481 e. The van der Waals surface area contributed by atoms with Gasteiger partial charge in [-0.05, 0) is 37.3 Å². The minimum absolute atomic E-state index is 0.0386. The Hall–Kier alpha value is -3.64. The number of hydrogen-bond donors (Lipinski definition) is 4. The molecule has 1 saturated heterocycles. The summed E-state index contributed by atoms with van der Waals surface area (Å²) in [5.74, 6) is -3.42. The maximum absolute atomic E-state index is 13.3. The quantitative estimate of drug-likeness (QED) is 0.257. The summed E-state index contributed by atoms with van der Waals surface area (Å²) in [6, 6.07) is 5.87. The van der Waals surface area contributed by atoms with Crippen LogP contribution in [0.1, 0.15) is 64.1 Å². The van der Waals surface area contributed by atoms with Gasteiger partial charge in [0.15, 0.2) is 0 Å². The molecule has 0 spiro atoms. The molecule has 2 aromatic rings. The summed E-state index contributed by atoms with van der Waals surface area (Å²) in [7, 11) is 0. The van der Waals surface area contributed by atoms with Crippen molar-refractivity contribution < 1.29 is 34.2 Å². The molecule has 3 rings (SSSR count). The molecule has 1 aromatic heterocycles. The van der Waals surface area contributed by atoms with Crippen molar-refractivity contribution in [2.75, 3.05) is 6.54 Å². The van der Waals surface area contributed by atoms with E-state index in [1.54, 1.807) is 16.8 Å². The molecule has 1 aromatic carbocycles. The molecule has 0 unspecified atom stereocenters. The number of aliphatic carboxylic acids is 1. The summed E-state index contributed by atoms with van der Waals surface area (Å²) in [5, 5.41) is 24.6. The summed E-state index contributed by atoms with van der Waals surface area (Å²) >= 11 is 1.56. The summed E-state index contributed by atoms with van der Waals surface area (Å²) < 4.78 is 0. The highest BCUT2D eigenvalue weighted by atomic mass is 32.1. The number of β-amino-alcohol motifs (C(OH)–C–C–N with tert-alkyl or cyclic N) is 1. The van der Waals surface area contributed by atoms with Crippen molar-refractivity contribution in [2.45, 2.75) is 84.5 Å². The maximum Gasteiger partial charge on any atom is 0.303 e. The molecule has 0 saturated carbocycles. The lowest BCUT2D eigenvalue weighted by Gasteiger charge is -2.28. The van der Waals surface area contributed by atoms with Gasteiger partial charge in [0.05, 0.1) is 28.6 Å². The molecule has 42 heavy (non-hydrogen) atoms. The predicted octanol–water partition coefficient (Wildman–Crippen LogP) is 2.69. The minimum atomic E-state index is -1.08. The number of thiazole rings is 1. The summed E-state index contributed by atoms with van der Waals surface area (Å²) in [4.78, 5) is 69.2. The van der Waals surface area contributed by atoms with Crippen molar-refractivity contribution in [3.63, 3.8) is 0 Å². The Morgan fingerprint density at radius 2 is 1.79 bits per heavy atom. The second-order valence-electron chi connectivity index (χ2n) is 11.3. The fourth-order valence-electron chi connectivity index (χ4n) is 5.08. The van der Waals surface area contributed by atoms with Crippen molar-refractivity contribution >= 4 is 40.8 Å². The van der Waals surface area contributed by atoms with Gasteiger partial charge < -0.3 is 25.7 Å². The molecule has 11 nitrogen and oxygen atoms in total. The number of benzene rings is 1. The van der Waals surface area contributed by atoms with Crippen LogP contribution in [0.15, 0.2) is 29.8 Å². The number of likely N-dealkylation sites (tertiary alicyclic amines) is 1. The van der Waals surface area contributed by atoms with Gasteiger partial charge in [-0.25, -0.2) is 4.98 Å². The van der Waals surface area contributed by atoms with Crippen molar-refractivity contribution in [1.82, 2.24) is 20.5 Å². The Morgan fingerprint density at radius 1 is 1.10 bits per heavy atom. The predicted molar refractivity (Wildman–Crippen MR) is 157 cm³/mol. The summed E-state index contributed by atoms with van der Waals surface area (Å²) in [6.45, 7) is 7.47. The van der Waals surface area contributed by atoms with Crippen LogP contribution in [-0.2, 0) is 30.5 Å². The van der Waals surface area contributed by atoms with Gasteiger partial charge in [-0.2, -0.15) is 0 Å². The fraction of sp³-hybridized carbons (Fsp3) is 0.533. The van der Waals surface area contributed by atoms with Gasteiger partial charge in [0.2, 0.25) is 17.7 Å². The van der Waals surface area contributed by atoms with E-state index in [0.29, 0.717) is 6.42 Å². The number of carbonyl (C=O) groups excluding carboxylic acids is 4. The van der Waals surface area contributed by atoms with Crippen LogP contribution in [0.5, 0.6) is 0 Å². The van der Waals surface area contributed by atoms with E-state index in [0.717, 1.165) is 21.7 Å². The van der Waals surface area contributed by atoms with Crippen LogP contribution in [0.2, 0.25) is 0 Å². The van der Waals surface area contributed by atoms with Crippen LogP contribution < -0.4 is 10.6 Å². The van der Waals surface area contributed by atoms with E-state index in [1.807, 2.05) is 45.0 Å². The van der Waals surface area contributed by atoms with Crippen molar-refractivity contribution in [3.8, 4) is 10.4 Å². The number of hydrogen-bond acceptors (Lipinski definition) is 8. The second-order valence-corrected chi connectivity index (χ2v) is 12.1. The number of amides is 3. The molecule has 12 heteroatoms. The average Bonchev–Trinajstić information content (AvgIpc) is 3.54. The number of carboxylic acid groups (broad SMARTS) is 1. The number of aromatic nitrogens is 1. The number of aliphatic hydroxyl groups excluding tert-OH is 1. The zero-order valence-electron chi connectivity index (χ0n) is 24.5. The van der Waals surface area contributed by atoms with E-state index in [-0.39, 0.29) is 50.5 Å². The Balaban J connectivity index is 1.59. The zero-order valence-corrected chi connectivity index (χ0v) is 25.3. The Bertz CT molecular complexity index is 1280. The van der Waals surface area contributed by atoms with E-state index in [2.05, 4.69) is 15.6 Å². The van der Waals surface area contributed by atoms with E-state index in [4.69, 9.17) is 5.11 Å². The molecule has 2 heterocycles. The lowest BCUT2D eigenvalue weighted by molar-refractivity contribution is -0.142. The third-order valence-electron chi connectivity index (χ3n) is 7.24. The van der Waals surface area contributed by atoms with Crippen LogP contribution in [0.4, 0.5) is 0 Å². The van der Waals surface area contributed by atoms with Gasteiger partial charge in [0.25, 0.3) is 0 Å². The molecule has 0 radical (unpaired) electrons.